The zero-order chi connectivity index (χ0) is 12.8. The summed E-state index contributed by atoms with van der Waals surface area (Å²) in [5, 5.41) is 0. The monoisotopic (exact) mass is 307 g/mol. The topological polar surface area (TPSA) is 54.7 Å². The summed E-state index contributed by atoms with van der Waals surface area (Å²) in [5.74, 6) is 1.13. The molecular formula is C14H18BrN3. The highest BCUT2D eigenvalue weighted by molar-refractivity contribution is 9.10. The van der Waals surface area contributed by atoms with Gasteiger partial charge in [0.1, 0.15) is 11.3 Å². The molecule has 1 aliphatic rings. The molecule has 3 N–H and O–H groups in total. The molecule has 1 aromatic heterocycles. The van der Waals surface area contributed by atoms with Gasteiger partial charge in [-0.1, -0.05) is 35.7 Å². The predicted octanol–water partition coefficient (Wildman–Crippen LogP) is 4.13. The van der Waals surface area contributed by atoms with Crippen LogP contribution in [0, 0.1) is 0 Å². The number of H-pyrrole nitrogens is 1. The third kappa shape index (κ3) is 1.74. The Balaban J connectivity index is 2.16. The lowest BCUT2D eigenvalue weighted by atomic mass is 9.83. The van der Waals surface area contributed by atoms with E-state index in [0.29, 0.717) is 0 Å². The Morgan fingerprint density at radius 1 is 1.39 bits per heavy atom. The van der Waals surface area contributed by atoms with Crippen molar-refractivity contribution in [3.05, 3.63) is 22.4 Å². The molecule has 18 heavy (non-hydrogen) atoms. The minimum absolute atomic E-state index is 0.248. The van der Waals surface area contributed by atoms with E-state index in [1.54, 1.807) is 0 Å². The first-order valence-corrected chi connectivity index (χ1v) is 7.39. The summed E-state index contributed by atoms with van der Waals surface area (Å²) in [6.45, 7) is 2.26. The van der Waals surface area contributed by atoms with Crippen molar-refractivity contribution in [2.24, 2.45) is 0 Å². The molecule has 96 valence electrons. The third-order valence-corrected chi connectivity index (χ3v) is 4.78. The number of anilines is 1. The van der Waals surface area contributed by atoms with E-state index in [1.165, 1.54) is 25.7 Å². The number of fused-ring (bicyclic) bond motifs is 1. The maximum atomic E-state index is 6.04. The first-order valence-electron chi connectivity index (χ1n) is 6.60. The highest BCUT2D eigenvalue weighted by Gasteiger charge is 2.36. The second kappa shape index (κ2) is 4.26. The fourth-order valence-corrected chi connectivity index (χ4v) is 3.64. The van der Waals surface area contributed by atoms with Gasteiger partial charge in [-0.2, -0.15) is 0 Å². The molecular weight excluding hydrogens is 290 g/mol. The Morgan fingerprint density at radius 3 is 2.78 bits per heavy atom. The van der Waals surface area contributed by atoms with Crippen LogP contribution >= 0.6 is 15.9 Å². The molecule has 3 nitrogen and oxygen atoms in total. The van der Waals surface area contributed by atoms with Gasteiger partial charge in [-0.15, -0.1) is 0 Å². The number of hydrogen-bond acceptors (Lipinski definition) is 2. The number of benzene rings is 1. The van der Waals surface area contributed by atoms with Crippen molar-refractivity contribution in [2.75, 3.05) is 5.73 Å². The summed E-state index contributed by atoms with van der Waals surface area (Å²) < 4.78 is 1.000. The van der Waals surface area contributed by atoms with Gasteiger partial charge >= 0.3 is 0 Å². The zero-order valence-electron chi connectivity index (χ0n) is 10.6. The van der Waals surface area contributed by atoms with Gasteiger partial charge < -0.3 is 10.7 Å². The molecule has 0 unspecified atom stereocenters. The van der Waals surface area contributed by atoms with E-state index in [-0.39, 0.29) is 5.41 Å². The molecule has 0 bridgehead atoms. The number of rotatable bonds is 2. The Hall–Kier alpha value is -1.03. The van der Waals surface area contributed by atoms with Gasteiger partial charge in [-0.25, -0.2) is 4.98 Å². The van der Waals surface area contributed by atoms with Gasteiger partial charge in [0.15, 0.2) is 0 Å². The average Bonchev–Trinajstić information content (AvgIpc) is 2.94. The molecule has 1 aliphatic carbocycles. The van der Waals surface area contributed by atoms with Crippen LogP contribution in [0.1, 0.15) is 44.9 Å². The third-order valence-electron chi connectivity index (χ3n) is 4.32. The van der Waals surface area contributed by atoms with Crippen molar-refractivity contribution in [1.29, 1.82) is 0 Å². The van der Waals surface area contributed by atoms with Gasteiger partial charge in [0.05, 0.1) is 11.2 Å². The number of nitrogens with one attached hydrogen (secondary N) is 1. The van der Waals surface area contributed by atoms with E-state index >= 15 is 0 Å². The van der Waals surface area contributed by atoms with E-state index in [2.05, 4.69) is 33.9 Å². The number of nitrogens with two attached hydrogens (primary N) is 1. The molecule has 2 aromatic rings. The highest BCUT2D eigenvalue weighted by Crippen LogP contribution is 2.43. The molecule has 1 saturated carbocycles. The number of aromatic amines is 1. The smallest absolute Gasteiger partial charge is 0.113 e. The lowest BCUT2D eigenvalue weighted by Gasteiger charge is -2.24. The summed E-state index contributed by atoms with van der Waals surface area (Å²) in [6, 6.07) is 3.97. The largest absolute Gasteiger partial charge is 0.397 e. The van der Waals surface area contributed by atoms with Crippen LogP contribution in [0.4, 0.5) is 5.69 Å². The molecule has 1 heterocycles. The minimum Gasteiger partial charge on any atom is -0.397 e. The molecule has 0 saturated heterocycles. The second-order valence-electron chi connectivity index (χ2n) is 5.32. The van der Waals surface area contributed by atoms with Crippen molar-refractivity contribution >= 4 is 32.7 Å². The highest BCUT2D eigenvalue weighted by atomic mass is 79.9. The van der Waals surface area contributed by atoms with E-state index in [1.807, 2.05) is 6.07 Å². The fourth-order valence-electron chi connectivity index (χ4n) is 3.17. The Morgan fingerprint density at radius 2 is 2.11 bits per heavy atom. The van der Waals surface area contributed by atoms with Crippen LogP contribution < -0.4 is 5.73 Å². The molecule has 1 aromatic carbocycles. The van der Waals surface area contributed by atoms with Crippen molar-refractivity contribution in [1.82, 2.24) is 9.97 Å². The van der Waals surface area contributed by atoms with E-state index in [0.717, 1.165) is 33.4 Å². The van der Waals surface area contributed by atoms with Crippen molar-refractivity contribution in [2.45, 2.75) is 44.4 Å². The fraction of sp³-hybridized carbons (Fsp3) is 0.500. The van der Waals surface area contributed by atoms with Crippen LogP contribution in [-0.2, 0) is 5.41 Å². The summed E-state index contributed by atoms with van der Waals surface area (Å²) in [7, 11) is 0. The van der Waals surface area contributed by atoms with Crippen LogP contribution in [0.5, 0.6) is 0 Å². The standard InChI is InChI=1S/C14H18BrN3/c1-2-14(5-3-4-6-14)13-17-11-8-9(15)7-10(16)12(11)18-13/h7-8H,2-6,16H2,1H3,(H,17,18). The first kappa shape index (κ1) is 12.0. The second-order valence-corrected chi connectivity index (χ2v) is 6.23. The zero-order valence-corrected chi connectivity index (χ0v) is 12.2. The summed E-state index contributed by atoms with van der Waals surface area (Å²) >= 11 is 3.48. The van der Waals surface area contributed by atoms with Crippen LogP contribution in [0.2, 0.25) is 0 Å². The number of nitrogen functional groups attached to an aromatic ring is 1. The summed E-state index contributed by atoms with van der Waals surface area (Å²) in [5.41, 5.74) is 8.98. The van der Waals surface area contributed by atoms with Crippen LogP contribution in [0.25, 0.3) is 11.0 Å². The number of hydrogen-bond donors (Lipinski definition) is 2. The Labute approximate surface area is 115 Å². The summed E-state index contributed by atoms with van der Waals surface area (Å²) in [4.78, 5) is 8.27. The molecule has 3 rings (SSSR count). The van der Waals surface area contributed by atoms with Crippen LogP contribution in [0.3, 0.4) is 0 Å². The lowest BCUT2D eigenvalue weighted by Crippen LogP contribution is -2.22. The SMILES string of the molecule is CCC1(c2nc3c(N)cc(Br)cc3[nH]2)CCCC1. The molecule has 0 amide bonds. The van der Waals surface area contributed by atoms with Gasteiger partial charge in [0, 0.05) is 9.89 Å². The van der Waals surface area contributed by atoms with Crippen molar-refractivity contribution in [3.8, 4) is 0 Å². The van der Waals surface area contributed by atoms with Gasteiger partial charge in [0.2, 0.25) is 0 Å². The lowest BCUT2D eigenvalue weighted by molar-refractivity contribution is 0.403. The van der Waals surface area contributed by atoms with Crippen LogP contribution in [-0.4, -0.2) is 9.97 Å². The van der Waals surface area contributed by atoms with E-state index in [4.69, 9.17) is 10.7 Å². The molecule has 0 spiro atoms. The van der Waals surface area contributed by atoms with E-state index < -0.39 is 0 Å². The molecule has 1 fully saturated rings. The van der Waals surface area contributed by atoms with Crippen molar-refractivity contribution in [3.63, 3.8) is 0 Å². The Kier molecular flexibility index (Phi) is 2.85. The summed E-state index contributed by atoms with van der Waals surface area (Å²) in [6.07, 6.45) is 6.25. The first-order chi connectivity index (χ1) is 8.64. The number of halogens is 1. The maximum absolute atomic E-state index is 6.04. The number of imidazole rings is 1. The van der Waals surface area contributed by atoms with Crippen LogP contribution in [0.15, 0.2) is 16.6 Å². The van der Waals surface area contributed by atoms with Gasteiger partial charge in [-0.05, 0) is 31.4 Å². The molecule has 0 atom stereocenters. The molecule has 0 aliphatic heterocycles. The minimum atomic E-state index is 0.248. The number of nitrogens with zero attached hydrogens (tertiary/aromatic N) is 1. The normalized spacial score (nSPS) is 18.6. The molecule has 4 heteroatoms. The Bertz CT molecular complexity index is 582. The average molecular weight is 308 g/mol. The van der Waals surface area contributed by atoms with Gasteiger partial charge in [-0.3, -0.25) is 0 Å². The predicted molar refractivity (Wildman–Crippen MR) is 78.6 cm³/mol. The van der Waals surface area contributed by atoms with Crippen molar-refractivity contribution < 1.29 is 0 Å². The number of aromatic nitrogens is 2. The van der Waals surface area contributed by atoms with E-state index in [9.17, 15) is 0 Å². The molecule has 0 radical (unpaired) electrons. The maximum Gasteiger partial charge on any atom is 0.113 e. The quantitative estimate of drug-likeness (QED) is 0.820. The van der Waals surface area contributed by atoms with Gasteiger partial charge in [0.25, 0.3) is 0 Å².